The maximum Gasteiger partial charge on any atom is 0.0414 e. The van der Waals surface area contributed by atoms with Gasteiger partial charge in [0.15, 0.2) is 0 Å². The molecule has 0 amide bonds. The van der Waals surface area contributed by atoms with Crippen LogP contribution in [0.4, 0.5) is 5.69 Å². The Morgan fingerprint density at radius 3 is 2.53 bits per heavy atom. The Bertz CT molecular complexity index is 350. The highest BCUT2D eigenvalue weighted by Gasteiger charge is 2.12. The second kappa shape index (κ2) is 7.02. The molecule has 0 heterocycles. The molecule has 0 aliphatic rings. The van der Waals surface area contributed by atoms with Crippen LogP contribution >= 0.6 is 15.9 Å². The minimum Gasteiger partial charge on any atom is -0.369 e. The van der Waals surface area contributed by atoms with E-state index in [4.69, 9.17) is 0 Å². The summed E-state index contributed by atoms with van der Waals surface area (Å²) in [7, 11) is 0. The Morgan fingerprint density at radius 1 is 1.29 bits per heavy atom. The molecule has 0 saturated heterocycles. The van der Waals surface area contributed by atoms with Gasteiger partial charge in [-0.2, -0.15) is 0 Å². The van der Waals surface area contributed by atoms with Gasteiger partial charge in [0, 0.05) is 29.3 Å². The van der Waals surface area contributed by atoms with Gasteiger partial charge in [0.1, 0.15) is 0 Å². The van der Waals surface area contributed by atoms with Gasteiger partial charge in [0.2, 0.25) is 0 Å². The Kier molecular flexibility index (Phi) is 6.00. The quantitative estimate of drug-likeness (QED) is 0.859. The molecule has 0 bridgehead atoms. The summed E-state index contributed by atoms with van der Waals surface area (Å²) >= 11 is 3.55. The first-order valence-corrected chi connectivity index (χ1v) is 7.15. The molecule has 1 aromatic carbocycles. The monoisotopic (exact) mass is 298 g/mol. The number of halogens is 1. The van der Waals surface area contributed by atoms with Crippen molar-refractivity contribution in [2.24, 2.45) is 0 Å². The van der Waals surface area contributed by atoms with Gasteiger partial charge in [0.05, 0.1) is 0 Å². The lowest BCUT2D eigenvalue weighted by Gasteiger charge is -2.30. The number of rotatable bonds is 6. The highest BCUT2D eigenvalue weighted by Crippen LogP contribution is 2.26. The van der Waals surface area contributed by atoms with Gasteiger partial charge in [-0.25, -0.2) is 0 Å². The second-order valence-electron chi connectivity index (χ2n) is 4.43. The minimum atomic E-state index is 0.529. The first-order chi connectivity index (χ1) is 8.10. The van der Waals surface area contributed by atoms with Crippen molar-refractivity contribution in [1.29, 1.82) is 0 Å². The van der Waals surface area contributed by atoms with Crippen LogP contribution in [0.5, 0.6) is 0 Å². The van der Waals surface area contributed by atoms with E-state index in [1.54, 1.807) is 0 Å². The summed E-state index contributed by atoms with van der Waals surface area (Å²) < 4.78 is 1.15. The fourth-order valence-corrected chi connectivity index (χ4v) is 2.46. The van der Waals surface area contributed by atoms with Gasteiger partial charge in [-0.05, 0) is 51.1 Å². The molecule has 3 heteroatoms. The fraction of sp³-hybridized carbons (Fsp3) is 0.571. The Hall–Kier alpha value is -0.540. The third-order valence-corrected chi connectivity index (χ3v) is 3.37. The molecule has 0 radical (unpaired) electrons. The molecule has 0 atom stereocenters. The molecule has 96 valence electrons. The van der Waals surface area contributed by atoms with E-state index in [-0.39, 0.29) is 0 Å². The Labute approximate surface area is 114 Å². The van der Waals surface area contributed by atoms with Crippen molar-refractivity contribution in [2.45, 2.75) is 40.3 Å². The van der Waals surface area contributed by atoms with E-state index in [1.165, 1.54) is 11.3 Å². The molecule has 0 saturated carbocycles. The van der Waals surface area contributed by atoms with E-state index in [9.17, 15) is 0 Å². The van der Waals surface area contributed by atoms with Crippen LogP contribution in [-0.2, 0) is 6.54 Å². The van der Waals surface area contributed by atoms with Gasteiger partial charge in [0.25, 0.3) is 0 Å². The number of anilines is 1. The lowest BCUT2D eigenvalue weighted by Crippen LogP contribution is -2.31. The number of nitrogens with one attached hydrogen (secondary N) is 1. The van der Waals surface area contributed by atoms with Crippen molar-refractivity contribution in [3.05, 3.63) is 28.2 Å². The summed E-state index contributed by atoms with van der Waals surface area (Å²) in [6, 6.07) is 7.07. The van der Waals surface area contributed by atoms with Crippen molar-refractivity contribution in [1.82, 2.24) is 5.32 Å². The zero-order valence-corrected chi connectivity index (χ0v) is 12.8. The minimum absolute atomic E-state index is 0.529. The highest BCUT2D eigenvalue weighted by molar-refractivity contribution is 9.10. The third kappa shape index (κ3) is 4.00. The zero-order chi connectivity index (χ0) is 12.8. The molecule has 0 aliphatic carbocycles. The predicted octanol–water partition coefficient (Wildman–Crippen LogP) is 3.79. The van der Waals surface area contributed by atoms with Crippen LogP contribution in [0.15, 0.2) is 22.7 Å². The average Bonchev–Trinajstić information content (AvgIpc) is 2.29. The van der Waals surface area contributed by atoms with Crippen LogP contribution in [0.3, 0.4) is 0 Å². The van der Waals surface area contributed by atoms with E-state index >= 15 is 0 Å². The van der Waals surface area contributed by atoms with Crippen LogP contribution in [0.1, 0.15) is 33.3 Å². The summed E-state index contributed by atoms with van der Waals surface area (Å²) in [6.07, 6.45) is 0. The first kappa shape index (κ1) is 14.5. The van der Waals surface area contributed by atoms with Gasteiger partial charge >= 0.3 is 0 Å². The van der Waals surface area contributed by atoms with Crippen LogP contribution in [0, 0.1) is 0 Å². The first-order valence-electron chi connectivity index (χ1n) is 6.35. The molecular formula is C14H23BrN2. The average molecular weight is 299 g/mol. The topological polar surface area (TPSA) is 15.3 Å². The second-order valence-corrected chi connectivity index (χ2v) is 5.35. The number of nitrogens with zero attached hydrogens (tertiary/aromatic N) is 1. The molecule has 2 nitrogen and oxygen atoms in total. The van der Waals surface area contributed by atoms with Crippen molar-refractivity contribution in [2.75, 3.05) is 18.0 Å². The molecule has 17 heavy (non-hydrogen) atoms. The van der Waals surface area contributed by atoms with E-state index in [2.05, 4.69) is 72.0 Å². The van der Waals surface area contributed by atoms with Crippen molar-refractivity contribution < 1.29 is 0 Å². The maximum absolute atomic E-state index is 3.55. The van der Waals surface area contributed by atoms with Crippen LogP contribution < -0.4 is 10.2 Å². The van der Waals surface area contributed by atoms with Crippen LogP contribution in [-0.4, -0.2) is 19.1 Å². The van der Waals surface area contributed by atoms with E-state index < -0.39 is 0 Å². The van der Waals surface area contributed by atoms with Gasteiger partial charge in [-0.1, -0.05) is 22.9 Å². The summed E-state index contributed by atoms with van der Waals surface area (Å²) in [5.41, 5.74) is 2.70. The number of hydrogen-bond acceptors (Lipinski definition) is 2. The normalized spacial score (nSPS) is 10.9. The highest BCUT2D eigenvalue weighted by atomic mass is 79.9. The van der Waals surface area contributed by atoms with Crippen LogP contribution in [0.2, 0.25) is 0 Å². The molecule has 0 aliphatic heterocycles. The molecule has 1 aromatic rings. The molecule has 1 rings (SSSR count). The largest absolute Gasteiger partial charge is 0.369 e. The standard InChI is InChI=1S/C14H23BrN2/c1-5-16-10-12-9-13(15)7-8-14(12)17(6-2)11(3)4/h7-9,11,16H,5-6,10H2,1-4H3. The maximum atomic E-state index is 3.55. The van der Waals surface area contributed by atoms with E-state index in [1.807, 2.05) is 0 Å². The summed E-state index contributed by atoms with van der Waals surface area (Å²) in [6.45, 7) is 11.8. The summed E-state index contributed by atoms with van der Waals surface area (Å²) in [5.74, 6) is 0. The predicted molar refractivity (Wildman–Crippen MR) is 79.7 cm³/mol. The van der Waals surface area contributed by atoms with Crippen molar-refractivity contribution in [3.63, 3.8) is 0 Å². The molecule has 0 spiro atoms. The SMILES string of the molecule is CCNCc1cc(Br)ccc1N(CC)C(C)C. The lowest BCUT2D eigenvalue weighted by molar-refractivity contribution is 0.683. The van der Waals surface area contributed by atoms with Crippen LogP contribution in [0.25, 0.3) is 0 Å². The molecular weight excluding hydrogens is 276 g/mol. The third-order valence-electron chi connectivity index (χ3n) is 2.88. The van der Waals surface area contributed by atoms with Gasteiger partial charge < -0.3 is 10.2 Å². The van der Waals surface area contributed by atoms with Crippen molar-refractivity contribution >= 4 is 21.6 Å². The molecule has 0 fully saturated rings. The molecule has 1 N–H and O–H groups in total. The zero-order valence-electron chi connectivity index (χ0n) is 11.3. The van der Waals surface area contributed by atoms with E-state index in [0.29, 0.717) is 6.04 Å². The van der Waals surface area contributed by atoms with Gasteiger partial charge in [-0.15, -0.1) is 0 Å². The Balaban J connectivity index is 3.03. The summed E-state index contributed by atoms with van der Waals surface area (Å²) in [5, 5.41) is 3.40. The number of benzene rings is 1. The van der Waals surface area contributed by atoms with Crippen molar-refractivity contribution in [3.8, 4) is 0 Å². The fourth-order valence-electron chi connectivity index (χ4n) is 2.05. The Morgan fingerprint density at radius 2 is 2.00 bits per heavy atom. The lowest BCUT2D eigenvalue weighted by atomic mass is 10.1. The van der Waals surface area contributed by atoms with E-state index in [0.717, 1.165) is 24.1 Å². The molecule has 0 unspecified atom stereocenters. The van der Waals surface area contributed by atoms with Gasteiger partial charge in [-0.3, -0.25) is 0 Å². The smallest absolute Gasteiger partial charge is 0.0414 e. The summed E-state index contributed by atoms with van der Waals surface area (Å²) in [4.78, 5) is 2.43. The molecule has 0 aromatic heterocycles. The number of hydrogen-bond donors (Lipinski definition) is 1.